The van der Waals surface area contributed by atoms with Crippen molar-refractivity contribution in [3.63, 3.8) is 0 Å². The van der Waals surface area contributed by atoms with Gasteiger partial charge in [0.1, 0.15) is 0 Å². The molecule has 3 N–H and O–H groups in total. The van der Waals surface area contributed by atoms with E-state index in [1.165, 1.54) is 11.1 Å². The Kier molecular flexibility index (Phi) is 7.10. The number of fused-ring (bicyclic) bond motifs is 2. The Bertz CT molecular complexity index is 1590. The number of nitrogens with one attached hydrogen (secondary N) is 1. The van der Waals surface area contributed by atoms with Crippen LogP contribution in [0.3, 0.4) is 0 Å². The molecule has 6 rings (SSSR count). The number of hydrogen-bond acceptors (Lipinski definition) is 6. The molecule has 4 aromatic carbocycles. The lowest BCUT2D eigenvalue weighted by molar-refractivity contribution is 0.156. The van der Waals surface area contributed by atoms with Crippen molar-refractivity contribution < 1.29 is 10.2 Å². The second-order valence-corrected chi connectivity index (χ2v) is 10.7. The van der Waals surface area contributed by atoms with Crippen LogP contribution in [0.4, 0.5) is 5.95 Å². The summed E-state index contributed by atoms with van der Waals surface area (Å²) >= 11 is 1.65. The summed E-state index contributed by atoms with van der Waals surface area (Å²) in [6.07, 6.45) is 0.923. The molecule has 5 aromatic rings. The van der Waals surface area contributed by atoms with Gasteiger partial charge in [-0.2, -0.15) is 0 Å². The van der Waals surface area contributed by atoms with E-state index >= 15 is 0 Å². The van der Waals surface area contributed by atoms with Crippen molar-refractivity contribution >= 4 is 28.6 Å². The van der Waals surface area contributed by atoms with Crippen LogP contribution in [0.1, 0.15) is 33.9 Å². The number of aliphatic hydroxyl groups excluding tert-OH is 2. The lowest BCUT2D eigenvalue weighted by Gasteiger charge is -2.18. The highest BCUT2D eigenvalue weighted by molar-refractivity contribution is 7.99. The minimum absolute atomic E-state index is 0.0114. The van der Waals surface area contributed by atoms with Gasteiger partial charge >= 0.3 is 0 Å². The second-order valence-electron chi connectivity index (χ2n) is 9.62. The van der Waals surface area contributed by atoms with Gasteiger partial charge in [0.25, 0.3) is 0 Å². The van der Waals surface area contributed by atoms with E-state index in [-0.39, 0.29) is 12.5 Å². The van der Waals surface area contributed by atoms with Gasteiger partial charge in [-0.15, -0.1) is 0 Å². The summed E-state index contributed by atoms with van der Waals surface area (Å²) in [7, 11) is 0. The van der Waals surface area contributed by atoms with Gasteiger partial charge in [0.15, 0.2) is 0 Å². The topological polar surface area (TPSA) is 78.3 Å². The molecule has 5 nitrogen and oxygen atoms in total. The van der Waals surface area contributed by atoms with E-state index in [1.54, 1.807) is 11.8 Å². The molecule has 0 aliphatic heterocycles. The molecule has 38 heavy (non-hydrogen) atoms. The summed E-state index contributed by atoms with van der Waals surface area (Å²) in [6.45, 7) is 0.578. The van der Waals surface area contributed by atoms with Gasteiger partial charge in [-0.3, -0.25) is 0 Å². The van der Waals surface area contributed by atoms with Crippen LogP contribution in [0.5, 0.6) is 0 Å². The molecule has 1 aliphatic rings. The number of aliphatic hydroxyl groups is 2. The van der Waals surface area contributed by atoms with Crippen LogP contribution in [0, 0.1) is 0 Å². The molecule has 0 amide bonds. The lowest BCUT2D eigenvalue weighted by atomic mass is 9.93. The Morgan fingerprint density at radius 2 is 1.47 bits per heavy atom. The van der Waals surface area contributed by atoms with Gasteiger partial charge in [0.2, 0.25) is 5.95 Å². The standard InChI is InChI=1S/C32H29N3O2S/c36-20-23-11-3-8-16-31(23)38-30-15-7-2-10-22(30)19-33-32-34-27-14-6-5-13-25(27)28(35-32)18-26-24-12-4-1-9-21(24)17-29(26)37/h1-16,26,29,36-37H,17-20H2,(H,33,34,35)/t26-,29+/m1/s1. The average Bonchev–Trinajstić information content (AvgIpc) is 3.27. The van der Waals surface area contributed by atoms with E-state index in [1.807, 2.05) is 66.7 Å². The maximum Gasteiger partial charge on any atom is 0.223 e. The molecule has 0 bridgehead atoms. The van der Waals surface area contributed by atoms with E-state index in [0.717, 1.165) is 37.5 Å². The van der Waals surface area contributed by atoms with Crippen molar-refractivity contribution in [1.82, 2.24) is 9.97 Å². The molecular formula is C32H29N3O2S. The minimum atomic E-state index is -0.414. The molecule has 1 heterocycles. The first kappa shape index (κ1) is 24.6. The fourth-order valence-electron chi connectivity index (χ4n) is 5.26. The van der Waals surface area contributed by atoms with Crippen LogP contribution in [-0.4, -0.2) is 26.3 Å². The monoisotopic (exact) mass is 519 g/mol. The van der Waals surface area contributed by atoms with Gasteiger partial charge in [-0.05, 0) is 53.3 Å². The molecule has 0 radical (unpaired) electrons. The van der Waals surface area contributed by atoms with Crippen LogP contribution in [0.15, 0.2) is 107 Å². The van der Waals surface area contributed by atoms with Gasteiger partial charge in [-0.1, -0.05) is 90.6 Å². The quantitative estimate of drug-likeness (QED) is 0.229. The molecule has 0 spiro atoms. The van der Waals surface area contributed by atoms with Crippen LogP contribution in [0.2, 0.25) is 0 Å². The molecule has 2 atom stereocenters. The Balaban J connectivity index is 1.27. The third-order valence-electron chi connectivity index (χ3n) is 7.22. The Hall–Kier alpha value is -3.71. The van der Waals surface area contributed by atoms with Crippen LogP contribution >= 0.6 is 11.8 Å². The summed E-state index contributed by atoms with van der Waals surface area (Å²) in [6, 6.07) is 32.6. The minimum Gasteiger partial charge on any atom is -0.392 e. The number of rotatable bonds is 8. The molecule has 6 heteroatoms. The Morgan fingerprint density at radius 3 is 2.32 bits per heavy atom. The SMILES string of the molecule is OCc1ccccc1Sc1ccccc1CNc1nc(C[C@@H]2c3ccccc3C[C@@H]2O)c2ccccc2n1. The number of hydrogen-bond donors (Lipinski definition) is 3. The number of anilines is 1. The van der Waals surface area contributed by atoms with Crippen molar-refractivity contribution in [2.45, 2.75) is 47.8 Å². The predicted molar refractivity (Wildman–Crippen MR) is 152 cm³/mol. The number of para-hydroxylation sites is 1. The first-order valence-electron chi connectivity index (χ1n) is 12.9. The summed E-state index contributed by atoms with van der Waals surface area (Å²) < 4.78 is 0. The van der Waals surface area contributed by atoms with Crippen molar-refractivity contribution in [1.29, 1.82) is 0 Å². The number of aromatic nitrogens is 2. The first-order chi connectivity index (χ1) is 18.7. The van der Waals surface area contributed by atoms with Crippen molar-refractivity contribution in [3.8, 4) is 0 Å². The summed E-state index contributed by atoms with van der Waals surface area (Å²) in [5.41, 5.74) is 6.31. The Labute approximate surface area is 226 Å². The highest BCUT2D eigenvalue weighted by Crippen LogP contribution is 2.37. The fraction of sp³-hybridized carbons (Fsp3) is 0.188. The fourth-order valence-corrected chi connectivity index (χ4v) is 6.33. The number of benzene rings is 4. The zero-order chi connectivity index (χ0) is 25.9. The van der Waals surface area contributed by atoms with Gasteiger partial charge in [0, 0.05) is 27.6 Å². The van der Waals surface area contributed by atoms with Crippen molar-refractivity contribution in [3.05, 3.63) is 125 Å². The average molecular weight is 520 g/mol. The summed E-state index contributed by atoms with van der Waals surface area (Å²) in [5.74, 6) is 0.594. The number of nitrogens with zero attached hydrogens (tertiary/aromatic N) is 2. The van der Waals surface area contributed by atoms with Crippen LogP contribution < -0.4 is 5.32 Å². The molecular weight excluding hydrogens is 490 g/mol. The molecule has 1 aromatic heterocycles. The second kappa shape index (κ2) is 11.0. The van der Waals surface area contributed by atoms with E-state index in [0.29, 0.717) is 25.3 Å². The molecule has 1 aliphatic carbocycles. The van der Waals surface area contributed by atoms with Gasteiger partial charge < -0.3 is 15.5 Å². The van der Waals surface area contributed by atoms with Crippen molar-refractivity contribution in [2.24, 2.45) is 0 Å². The molecule has 190 valence electrons. The lowest BCUT2D eigenvalue weighted by Crippen LogP contribution is -2.17. The summed E-state index contributed by atoms with van der Waals surface area (Å²) in [4.78, 5) is 11.9. The van der Waals surface area contributed by atoms with E-state index in [2.05, 4.69) is 35.6 Å². The third-order valence-corrected chi connectivity index (χ3v) is 8.45. The van der Waals surface area contributed by atoms with E-state index in [9.17, 15) is 10.2 Å². The van der Waals surface area contributed by atoms with E-state index < -0.39 is 6.10 Å². The molecule has 0 unspecified atom stereocenters. The van der Waals surface area contributed by atoms with Crippen LogP contribution in [-0.2, 0) is 26.0 Å². The van der Waals surface area contributed by atoms with E-state index in [4.69, 9.17) is 9.97 Å². The van der Waals surface area contributed by atoms with Gasteiger partial charge in [-0.25, -0.2) is 9.97 Å². The summed E-state index contributed by atoms with van der Waals surface area (Å²) in [5, 5.41) is 25.1. The highest BCUT2D eigenvalue weighted by Gasteiger charge is 2.31. The first-order valence-corrected chi connectivity index (χ1v) is 13.7. The zero-order valence-electron chi connectivity index (χ0n) is 20.9. The molecule has 0 fully saturated rings. The van der Waals surface area contributed by atoms with Crippen molar-refractivity contribution in [2.75, 3.05) is 5.32 Å². The maximum absolute atomic E-state index is 10.9. The molecule has 0 saturated heterocycles. The largest absolute Gasteiger partial charge is 0.392 e. The normalized spacial score (nSPS) is 16.5. The maximum atomic E-state index is 10.9. The van der Waals surface area contributed by atoms with Crippen LogP contribution in [0.25, 0.3) is 10.9 Å². The predicted octanol–water partition coefficient (Wildman–Crippen LogP) is 6.13. The smallest absolute Gasteiger partial charge is 0.223 e. The highest BCUT2D eigenvalue weighted by atomic mass is 32.2. The molecule has 0 saturated carbocycles. The Morgan fingerprint density at radius 1 is 0.789 bits per heavy atom. The van der Waals surface area contributed by atoms with Gasteiger partial charge in [0.05, 0.1) is 23.9 Å². The third kappa shape index (κ3) is 5.03. The zero-order valence-corrected chi connectivity index (χ0v) is 21.7.